The molecule has 0 spiro atoms. The van der Waals surface area contributed by atoms with Gasteiger partial charge in [0.1, 0.15) is 6.10 Å². The van der Waals surface area contributed by atoms with Gasteiger partial charge in [-0.1, -0.05) is 12.1 Å². The Labute approximate surface area is 163 Å². The number of allylic oxidation sites excluding steroid dienone is 3. The molecule has 3 rings (SSSR count). The van der Waals surface area contributed by atoms with Gasteiger partial charge in [0.25, 0.3) is 5.69 Å². The number of nitro benzene ring substituents is 1. The van der Waals surface area contributed by atoms with E-state index in [1.54, 1.807) is 26.0 Å². The first kappa shape index (κ1) is 19.8. The summed E-state index contributed by atoms with van der Waals surface area (Å²) in [6, 6.07) is 6.08. The molecular weight excluding hydrogens is 360 g/mol. The van der Waals surface area contributed by atoms with Crippen LogP contribution in [0.25, 0.3) is 0 Å². The topological polar surface area (TPSA) is 98.5 Å². The molecular formula is C21H24N2O5. The molecule has 7 heteroatoms. The zero-order chi connectivity index (χ0) is 20.4. The van der Waals surface area contributed by atoms with E-state index in [2.05, 4.69) is 5.32 Å². The minimum Gasteiger partial charge on any atom is -0.459 e. The Morgan fingerprint density at radius 1 is 1.14 bits per heavy atom. The molecule has 1 aliphatic carbocycles. The number of hydrogen-bond donors (Lipinski definition) is 1. The minimum absolute atomic E-state index is 0.0854. The highest BCUT2D eigenvalue weighted by atomic mass is 16.6. The number of Topliss-reactive ketones (excluding diaryl/α,β-unsaturated/α-hetero) is 1. The highest BCUT2D eigenvalue weighted by Gasteiger charge is 2.37. The standard InChI is InChI=1S/C21H24N2O5/c1-12-18(14(3)24)20(15-7-6-8-16(11-15)23(26)27)19(13(2)22-12)21(25)28-17-9-4-5-10-17/h6-8,11,17,20,22H,4-5,9-10H2,1-3H3. The summed E-state index contributed by atoms with van der Waals surface area (Å²) in [5.41, 5.74) is 2.43. The summed E-state index contributed by atoms with van der Waals surface area (Å²) in [5.74, 6) is -1.37. The van der Waals surface area contributed by atoms with E-state index >= 15 is 0 Å². The van der Waals surface area contributed by atoms with E-state index in [1.165, 1.54) is 19.1 Å². The molecule has 28 heavy (non-hydrogen) atoms. The maximum absolute atomic E-state index is 13.1. The average Bonchev–Trinajstić information content (AvgIpc) is 3.13. The number of nitrogens with zero attached hydrogens (tertiary/aromatic N) is 1. The van der Waals surface area contributed by atoms with Crippen molar-refractivity contribution >= 4 is 17.4 Å². The fourth-order valence-corrected chi connectivity index (χ4v) is 4.10. The third-order valence-electron chi connectivity index (χ3n) is 5.35. The van der Waals surface area contributed by atoms with Gasteiger partial charge in [0, 0.05) is 35.0 Å². The van der Waals surface area contributed by atoms with Gasteiger partial charge in [0.2, 0.25) is 0 Å². The van der Waals surface area contributed by atoms with Crippen molar-refractivity contribution < 1.29 is 19.2 Å². The molecule has 1 saturated carbocycles. The van der Waals surface area contributed by atoms with E-state index in [4.69, 9.17) is 4.74 Å². The smallest absolute Gasteiger partial charge is 0.337 e. The molecule has 1 fully saturated rings. The summed E-state index contributed by atoms with van der Waals surface area (Å²) in [4.78, 5) is 36.2. The lowest BCUT2D eigenvalue weighted by atomic mass is 9.79. The number of ether oxygens (including phenoxy) is 1. The summed E-state index contributed by atoms with van der Waals surface area (Å²) >= 11 is 0. The van der Waals surface area contributed by atoms with Crippen LogP contribution in [-0.4, -0.2) is 22.8 Å². The SMILES string of the molecule is CC(=O)C1=C(C)NC(C)=C(C(=O)OC2CCCC2)C1c1cccc([N+](=O)[O-])c1. The van der Waals surface area contributed by atoms with Crippen LogP contribution >= 0.6 is 0 Å². The Hall–Kier alpha value is -2.96. The van der Waals surface area contributed by atoms with Crippen LogP contribution in [0.3, 0.4) is 0 Å². The molecule has 0 aromatic heterocycles. The Kier molecular flexibility index (Phi) is 5.63. The molecule has 1 aliphatic heterocycles. The van der Waals surface area contributed by atoms with E-state index in [-0.39, 0.29) is 17.6 Å². The number of esters is 1. The fraction of sp³-hybridized carbons (Fsp3) is 0.429. The number of benzene rings is 1. The number of ketones is 1. The number of dihydropyridines is 1. The summed E-state index contributed by atoms with van der Waals surface area (Å²) in [5, 5.41) is 14.3. The van der Waals surface area contributed by atoms with Crippen molar-refractivity contribution in [1.82, 2.24) is 5.32 Å². The van der Waals surface area contributed by atoms with Gasteiger partial charge < -0.3 is 10.1 Å². The fourth-order valence-electron chi connectivity index (χ4n) is 4.10. The number of nitrogens with one attached hydrogen (secondary N) is 1. The number of carbonyl (C=O) groups excluding carboxylic acids is 2. The van der Waals surface area contributed by atoms with Crippen LogP contribution in [0.1, 0.15) is 57.9 Å². The van der Waals surface area contributed by atoms with E-state index in [0.717, 1.165) is 25.7 Å². The Bertz CT molecular complexity index is 894. The normalized spacial score (nSPS) is 20.2. The molecule has 0 bridgehead atoms. The molecule has 148 valence electrons. The highest BCUT2D eigenvalue weighted by molar-refractivity contribution is 6.02. The maximum Gasteiger partial charge on any atom is 0.337 e. The van der Waals surface area contributed by atoms with Crippen LogP contribution in [0.15, 0.2) is 46.8 Å². The monoisotopic (exact) mass is 384 g/mol. The molecule has 1 unspecified atom stereocenters. The van der Waals surface area contributed by atoms with E-state index in [9.17, 15) is 19.7 Å². The maximum atomic E-state index is 13.1. The molecule has 1 atom stereocenters. The van der Waals surface area contributed by atoms with Gasteiger partial charge in [0.05, 0.1) is 10.5 Å². The Morgan fingerprint density at radius 2 is 1.79 bits per heavy atom. The van der Waals surface area contributed by atoms with Crippen molar-refractivity contribution in [2.75, 3.05) is 0 Å². The van der Waals surface area contributed by atoms with Crippen LogP contribution in [0.4, 0.5) is 5.69 Å². The van der Waals surface area contributed by atoms with Gasteiger partial charge in [-0.2, -0.15) is 0 Å². The lowest BCUT2D eigenvalue weighted by Gasteiger charge is -2.31. The second-order valence-corrected chi connectivity index (χ2v) is 7.36. The molecule has 0 radical (unpaired) electrons. The Morgan fingerprint density at radius 3 is 2.39 bits per heavy atom. The molecule has 1 aromatic carbocycles. The summed E-state index contributed by atoms with van der Waals surface area (Å²) in [7, 11) is 0. The largest absolute Gasteiger partial charge is 0.459 e. The van der Waals surface area contributed by atoms with Gasteiger partial charge >= 0.3 is 5.97 Å². The quantitative estimate of drug-likeness (QED) is 0.470. The van der Waals surface area contributed by atoms with Crippen molar-refractivity contribution in [3.8, 4) is 0 Å². The first-order valence-corrected chi connectivity index (χ1v) is 9.44. The van der Waals surface area contributed by atoms with Crippen molar-refractivity contribution in [2.24, 2.45) is 0 Å². The first-order chi connectivity index (χ1) is 13.3. The zero-order valence-corrected chi connectivity index (χ0v) is 16.3. The van der Waals surface area contributed by atoms with Crippen LogP contribution in [0.2, 0.25) is 0 Å². The van der Waals surface area contributed by atoms with Gasteiger partial charge in [-0.05, 0) is 52.0 Å². The van der Waals surface area contributed by atoms with E-state index in [1.807, 2.05) is 0 Å². The molecule has 0 amide bonds. The van der Waals surface area contributed by atoms with Crippen molar-refractivity contribution in [3.05, 3.63) is 62.5 Å². The van der Waals surface area contributed by atoms with Crippen LogP contribution < -0.4 is 5.32 Å². The van der Waals surface area contributed by atoms with Crippen molar-refractivity contribution in [2.45, 2.75) is 58.5 Å². The van der Waals surface area contributed by atoms with Crippen LogP contribution in [-0.2, 0) is 14.3 Å². The number of non-ortho nitro benzene ring substituents is 1. The molecule has 1 aromatic rings. The van der Waals surface area contributed by atoms with E-state index in [0.29, 0.717) is 28.1 Å². The Balaban J connectivity index is 2.08. The number of carbonyl (C=O) groups is 2. The molecule has 0 saturated heterocycles. The lowest BCUT2D eigenvalue weighted by Crippen LogP contribution is -2.32. The molecule has 1 N–H and O–H groups in total. The zero-order valence-electron chi connectivity index (χ0n) is 16.3. The van der Waals surface area contributed by atoms with Crippen molar-refractivity contribution in [3.63, 3.8) is 0 Å². The van der Waals surface area contributed by atoms with Crippen molar-refractivity contribution in [1.29, 1.82) is 0 Å². The predicted molar refractivity (Wildman–Crippen MR) is 103 cm³/mol. The average molecular weight is 384 g/mol. The third kappa shape index (κ3) is 3.83. The van der Waals surface area contributed by atoms with Crippen LogP contribution in [0, 0.1) is 10.1 Å². The summed E-state index contributed by atoms with van der Waals surface area (Å²) in [6.07, 6.45) is 3.61. The van der Waals surface area contributed by atoms with E-state index < -0.39 is 16.8 Å². The molecule has 2 aliphatic rings. The predicted octanol–water partition coefficient (Wildman–Crippen LogP) is 3.90. The number of rotatable bonds is 5. The summed E-state index contributed by atoms with van der Waals surface area (Å²) < 4.78 is 5.71. The van der Waals surface area contributed by atoms with Gasteiger partial charge in [-0.3, -0.25) is 14.9 Å². The number of nitro groups is 1. The molecule has 7 nitrogen and oxygen atoms in total. The van der Waals surface area contributed by atoms with Crippen LogP contribution in [0.5, 0.6) is 0 Å². The first-order valence-electron chi connectivity index (χ1n) is 9.44. The third-order valence-corrected chi connectivity index (χ3v) is 5.35. The van der Waals surface area contributed by atoms with Gasteiger partial charge in [0.15, 0.2) is 5.78 Å². The summed E-state index contributed by atoms with van der Waals surface area (Å²) in [6.45, 7) is 4.96. The van der Waals surface area contributed by atoms with Gasteiger partial charge in [-0.25, -0.2) is 4.79 Å². The van der Waals surface area contributed by atoms with Gasteiger partial charge in [-0.15, -0.1) is 0 Å². The lowest BCUT2D eigenvalue weighted by molar-refractivity contribution is -0.384. The second kappa shape index (κ2) is 7.96. The second-order valence-electron chi connectivity index (χ2n) is 7.36. The number of hydrogen-bond acceptors (Lipinski definition) is 6. The minimum atomic E-state index is -0.701. The highest BCUT2D eigenvalue weighted by Crippen LogP contribution is 2.40. The molecule has 1 heterocycles.